The SMILES string of the molecule is Cc1cccn2c(=O)cc(COC(=O)[C@H](C)Oc3ccc(Cl)cc3Cl)nc12. The summed E-state index contributed by atoms with van der Waals surface area (Å²) < 4.78 is 12.2. The van der Waals surface area contributed by atoms with Gasteiger partial charge in [-0.2, -0.15) is 0 Å². The van der Waals surface area contributed by atoms with Crippen LogP contribution in [0.4, 0.5) is 0 Å². The van der Waals surface area contributed by atoms with Crippen molar-refractivity contribution in [3.63, 3.8) is 0 Å². The van der Waals surface area contributed by atoms with Crippen molar-refractivity contribution < 1.29 is 14.3 Å². The molecule has 3 aromatic rings. The van der Waals surface area contributed by atoms with E-state index >= 15 is 0 Å². The van der Waals surface area contributed by atoms with Crippen molar-refractivity contribution >= 4 is 34.8 Å². The Kier molecular flexibility index (Phi) is 5.68. The van der Waals surface area contributed by atoms with Gasteiger partial charge in [-0.3, -0.25) is 9.20 Å². The van der Waals surface area contributed by atoms with E-state index in [2.05, 4.69) is 4.98 Å². The van der Waals surface area contributed by atoms with Gasteiger partial charge in [-0.25, -0.2) is 9.78 Å². The number of ether oxygens (including phenoxy) is 2. The summed E-state index contributed by atoms with van der Waals surface area (Å²) in [6, 6.07) is 9.65. The zero-order valence-electron chi connectivity index (χ0n) is 14.6. The van der Waals surface area contributed by atoms with Crippen LogP contribution in [0.3, 0.4) is 0 Å². The highest BCUT2D eigenvalue weighted by atomic mass is 35.5. The smallest absolute Gasteiger partial charge is 0.347 e. The third-order valence-corrected chi connectivity index (χ3v) is 4.36. The number of pyridine rings is 1. The summed E-state index contributed by atoms with van der Waals surface area (Å²) in [6.07, 6.45) is 0.742. The first kappa shape index (κ1) is 19.2. The highest BCUT2D eigenvalue weighted by Crippen LogP contribution is 2.28. The molecule has 0 saturated heterocycles. The Morgan fingerprint density at radius 2 is 2.04 bits per heavy atom. The first-order valence-electron chi connectivity index (χ1n) is 8.11. The molecule has 0 fully saturated rings. The molecule has 0 unspecified atom stereocenters. The van der Waals surface area contributed by atoms with E-state index in [0.717, 1.165) is 5.56 Å². The Labute approximate surface area is 165 Å². The van der Waals surface area contributed by atoms with Gasteiger partial charge in [0.2, 0.25) is 0 Å². The van der Waals surface area contributed by atoms with Crippen LogP contribution in [0.25, 0.3) is 5.65 Å². The lowest BCUT2D eigenvalue weighted by Gasteiger charge is -2.15. The molecule has 1 atom stereocenters. The molecule has 140 valence electrons. The lowest BCUT2D eigenvalue weighted by molar-refractivity contribution is -0.152. The number of rotatable bonds is 5. The lowest BCUT2D eigenvalue weighted by atomic mass is 10.3. The van der Waals surface area contributed by atoms with Crippen LogP contribution in [-0.4, -0.2) is 21.5 Å². The molecule has 6 nitrogen and oxygen atoms in total. The average molecular weight is 407 g/mol. The van der Waals surface area contributed by atoms with Gasteiger partial charge in [0.15, 0.2) is 6.10 Å². The molecule has 0 saturated carbocycles. The maximum atomic E-state index is 12.2. The molecule has 3 rings (SSSR count). The van der Waals surface area contributed by atoms with Crippen LogP contribution in [-0.2, 0) is 16.1 Å². The minimum Gasteiger partial charge on any atom is -0.477 e. The summed E-state index contributed by atoms with van der Waals surface area (Å²) in [5.41, 5.74) is 1.48. The molecule has 27 heavy (non-hydrogen) atoms. The van der Waals surface area contributed by atoms with E-state index in [0.29, 0.717) is 27.1 Å². The first-order valence-corrected chi connectivity index (χ1v) is 8.87. The molecular weight excluding hydrogens is 391 g/mol. The van der Waals surface area contributed by atoms with Crippen molar-refractivity contribution in [3.05, 3.63) is 74.3 Å². The van der Waals surface area contributed by atoms with Crippen molar-refractivity contribution in [3.8, 4) is 5.75 Å². The number of aromatic nitrogens is 2. The van der Waals surface area contributed by atoms with Crippen LogP contribution in [0.1, 0.15) is 18.2 Å². The van der Waals surface area contributed by atoms with E-state index in [1.54, 1.807) is 31.3 Å². The molecule has 0 amide bonds. The van der Waals surface area contributed by atoms with Gasteiger partial charge in [0, 0.05) is 17.3 Å². The summed E-state index contributed by atoms with van der Waals surface area (Å²) >= 11 is 11.9. The fraction of sp³-hybridized carbons (Fsp3) is 0.211. The summed E-state index contributed by atoms with van der Waals surface area (Å²) in [5, 5.41) is 0.758. The van der Waals surface area contributed by atoms with Gasteiger partial charge in [-0.1, -0.05) is 29.3 Å². The van der Waals surface area contributed by atoms with Gasteiger partial charge in [-0.05, 0) is 43.7 Å². The van der Waals surface area contributed by atoms with Crippen molar-refractivity contribution in [2.75, 3.05) is 0 Å². The Morgan fingerprint density at radius 3 is 2.78 bits per heavy atom. The van der Waals surface area contributed by atoms with Gasteiger partial charge < -0.3 is 9.47 Å². The fourth-order valence-corrected chi connectivity index (χ4v) is 2.91. The Morgan fingerprint density at radius 1 is 1.26 bits per heavy atom. The van der Waals surface area contributed by atoms with Crippen molar-refractivity contribution in [2.24, 2.45) is 0 Å². The van der Waals surface area contributed by atoms with E-state index < -0.39 is 12.1 Å². The van der Waals surface area contributed by atoms with E-state index in [9.17, 15) is 9.59 Å². The standard InChI is InChI=1S/C19H16Cl2N2O4/c1-11-4-3-7-23-17(24)9-14(22-18(11)23)10-26-19(25)12(2)27-16-6-5-13(20)8-15(16)21/h3-9,12H,10H2,1-2H3/t12-/m0/s1. The van der Waals surface area contributed by atoms with E-state index in [-0.39, 0.29) is 12.2 Å². The van der Waals surface area contributed by atoms with Gasteiger partial charge in [0.25, 0.3) is 5.56 Å². The fourth-order valence-electron chi connectivity index (χ4n) is 2.45. The maximum absolute atomic E-state index is 12.2. The largest absolute Gasteiger partial charge is 0.477 e. The molecule has 8 heteroatoms. The van der Waals surface area contributed by atoms with Crippen molar-refractivity contribution in [1.29, 1.82) is 0 Å². The normalized spacial score (nSPS) is 12.0. The Balaban J connectivity index is 1.69. The molecule has 2 heterocycles. The second kappa shape index (κ2) is 7.98. The van der Waals surface area contributed by atoms with Crippen LogP contribution in [0.5, 0.6) is 5.75 Å². The quantitative estimate of drug-likeness (QED) is 0.602. The van der Waals surface area contributed by atoms with Crippen LogP contribution in [0.2, 0.25) is 10.0 Å². The predicted octanol–water partition coefficient (Wildman–Crippen LogP) is 3.82. The highest BCUT2D eigenvalue weighted by molar-refractivity contribution is 6.35. The number of aryl methyl sites for hydroxylation is 1. The van der Waals surface area contributed by atoms with Crippen molar-refractivity contribution in [1.82, 2.24) is 9.38 Å². The lowest BCUT2D eigenvalue weighted by Crippen LogP contribution is -2.26. The van der Waals surface area contributed by atoms with E-state index in [4.69, 9.17) is 32.7 Å². The van der Waals surface area contributed by atoms with Crippen LogP contribution < -0.4 is 10.3 Å². The zero-order valence-corrected chi connectivity index (χ0v) is 16.1. The predicted molar refractivity (Wildman–Crippen MR) is 103 cm³/mol. The van der Waals surface area contributed by atoms with Gasteiger partial charge >= 0.3 is 5.97 Å². The maximum Gasteiger partial charge on any atom is 0.347 e. The molecule has 0 aliphatic carbocycles. The molecule has 2 aromatic heterocycles. The summed E-state index contributed by atoms with van der Waals surface area (Å²) in [4.78, 5) is 28.7. The molecule has 0 spiro atoms. The first-order chi connectivity index (χ1) is 12.8. The number of carbonyl (C=O) groups excluding carboxylic acids is 1. The topological polar surface area (TPSA) is 69.9 Å². The summed E-state index contributed by atoms with van der Waals surface area (Å²) in [5.74, 6) is -0.281. The van der Waals surface area contributed by atoms with Gasteiger partial charge in [0.1, 0.15) is 18.0 Å². The summed E-state index contributed by atoms with van der Waals surface area (Å²) in [6.45, 7) is 3.25. The van der Waals surface area contributed by atoms with Gasteiger partial charge in [-0.15, -0.1) is 0 Å². The Hall–Kier alpha value is -2.57. The van der Waals surface area contributed by atoms with Crippen LogP contribution in [0, 0.1) is 6.92 Å². The second-order valence-electron chi connectivity index (χ2n) is 5.91. The third kappa shape index (κ3) is 4.40. The molecule has 0 aliphatic rings. The number of esters is 1. The average Bonchev–Trinajstić information content (AvgIpc) is 2.63. The zero-order chi connectivity index (χ0) is 19.6. The van der Waals surface area contributed by atoms with E-state index in [1.165, 1.54) is 16.5 Å². The van der Waals surface area contributed by atoms with Crippen LogP contribution in [0.15, 0.2) is 47.4 Å². The molecule has 0 N–H and O–H groups in total. The molecule has 0 bridgehead atoms. The number of hydrogen-bond acceptors (Lipinski definition) is 5. The minimum absolute atomic E-state index is 0.138. The van der Waals surface area contributed by atoms with Crippen LogP contribution >= 0.6 is 23.2 Å². The van der Waals surface area contributed by atoms with Crippen molar-refractivity contribution in [2.45, 2.75) is 26.6 Å². The highest BCUT2D eigenvalue weighted by Gasteiger charge is 2.18. The number of fused-ring (bicyclic) bond motifs is 1. The third-order valence-electron chi connectivity index (χ3n) is 3.83. The Bertz CT molecular complexity index is 1070. The van der Waals surface area contributed by atoms with E-state index in [1.807, 2.05) is 13.0 Å². The second-order valence-corrected chi connectivity index (χ2v) is 6.76. The monoisotopic (exact) mass is 406 g/mol. The molecule has 1 aromatic carbocycles. The number of nitrogens with zero attached hydrogens (tertiary/aromatic N) is 2. The molecular formula is C19H16Cl2N2O4. The molecule has 0 radical (unpaired) electrons. The minimum atomic E-state index is -0.896. The van der Waals surface area contributed by atoms with Gasteiger partial charge in [0.05, 0.1) is 10.7 Å². The summed E-state index contributed by atoms with van der Waals surface area (Å²) in [7, 11) is 0. The number of benzene rings is 1. The number of hydrogen-bond donors (Lipinski definition) is 0. The molecule has 0 aliphatic heterocycles. The number of carbonyl (C=O) groups is 1. The number of halogens is 2.